The van der Waals surface area contributed by atoms with Gasteiger partial charge < -0.3 is 16.0 Å². The summed E-state index contributed by atoms with van der Waals surface area (Å²) in [5, 5.41) is 11.2. The van der Waals surface area contributed by atoms with Gasteiger partial charge in [-0.25, -0.2) is 0 Å². The van der Waals surface area contributed by atoms with Crippen LogP contribution in [0.3, 0.4) is 0 Å². The molecule has 6 nitrogen and oxygen atoms in total. The molecule has 3 heterocycles. The molecule has 0 spiro atoms. The lowest BCUT2D eigenvalue weighted by Gasteiger charge is -2.41. The van der Waals surface area contributed by atoms with E-state index in [0.29, 0.717) is 5.82 Å². The smallest absolute Gasteiger partial charge is 0.231 e. The van der Waals surface area contributed by atoms with Gasteiger partial charge in [-0.1, -0.05) is 0 Å². The molecular formula is C13H19N5O. The van der Waals surface area contributed by atoms with E-state index in [4.69, 9.17) is 5.73 Å². The molecule has 1 amide bonds. The van der Waals surface area contributed by atoms with Crippen LogP contribution in [0.15, 0.2) is 12.1 Å². The Hall–Kier alpha value is -1.69. The van der Waals surface area contributed by atoms with Gasteiger partial charge in [0.15, 0.2) is 0 Å². The average molecular weight is 261 g/mol. The van der Waals surface area contributed by atoms with E-state index in [1.165, 1.54) is 0 Å². The maximum atomic E-state index is 12.6. The molecule has 2 fully saturated rings. The van der Waals surface area contributed by atoms with Crippen molar-refractivity contribution in [2.24, 2.45) is 5.41 Å². The number of aromatic nitrogens is 2. The van der Waals surface area contributed by atoms with Crippen LogP contribution in [0, 0.1) is 5.41 Å². The fourth-order valence-corrected chi connectivity index (χ4v) is 2.85. The van der Waals surface area contributed by atoms with Gasteiger partial charge >= 0.3 is 0 Å². The van der Waals surface area contributed by atoms with Crippen molar-refractivity contribution in [3.8, 4) is 0 Å². The lowest BCUT2D eigenvalue weighted by molar-refractivity contribution is -0.145. The van der Waals surface area contributed by atoms with Crippen molar-refractivity contribution in [3.63, 3.8) is 0 Å². The minimum Gasteiger partial charge on any atom is -0.382 e. The van der Waals surface area contributed by atoms with E-state index >= 15 is 0 Å². The number of hydrogen-bond donors (Lipinski definition) is 2. The summed E-state index contributed by atoms with van der Waals surface area (Å²) in [6.07, 6.45) is 1.97. The number of amides is 1. The lowest BCUT2D eigenvalue weighted by atomic mass is 9.82. The Morgan fingerprint density at radius 2 is 2.26 bits per heavy atom. The molecule has 3 rings (SSSR count). The zero-order valence-corrected chi connectivity index (χ0v) is 11.1. The van der Waals surface area contributed by atoms with E-state index in [0.717, 1.165) is 38.2 Å². The average Bonchev–Trinajstić information content (AvgIpc) is 2.85. The summed E-state index contributed by atoms with van der Waals surface area (Å²) in [6.45, 7) is 4.37. The van der Waals surface area contributed by atoms with Gasteiger partial charge in [0.2, 0.25) is 5.91 Å². The molecule has 1 atom stereocenters. The molecule has 0 radical (unpaired) electrons. The molecule has 2 aliphatic heterocycles. The van der Waals surface area contributed by atoms with Crippen molar-refractivity contribution in [1.29, 1.82) is 0 Å². The molecule has 6 heteroatoms. The number of nitrogens with zero attached hydrogens (tertiary/aromatic N) is 3. The summed E-state index contributed by atoms with van der Waals surface area (Å²) in [5.74, 6) is 0.641. The Balaban J connectivity index is 1.81. The minimum atomic E-state index is -0.246. The van der Waals surface area contributed by atoms with Crippen LogP contribution in [0.25, 0.3) is 0 Å². The van der Waals surface area contributed by atoms with E-state index in [9.17, 15) is 4.79 Å². The number of rotatable bonds is 2. The van der Waals surface area contributed by atoms with Gasteiger partial charge in [-0.15, -0.1) is 5.10 Å². The maximum Gasteiger partial charge on any atom is 0.231 e. The molecule has 1 aromatic rings. The Labute approximate surface area is 112 Å². The van der Waals surface area contributed by atoms with Crippen molar-refractivity contribution in [1.82, 2.24) is 20.4 Å². The molecule has 1 aromatic heterocycles. The van der Waals surface area contributed by atoms with Gasteiger partial charge in [0.05, 0.1) is 17.2 Å². The van der Waals surface area contributed by atoms with Crippen molar-refractivity contribution >= 4 is 11.7 Å². The lowest BCUT2D eigenvalue weighted by Crippen LogP contribution is -2.60. The third-order valence-corrected chi connectivity index (χ3v) is 4.11. The summed E-state index contributed by atoms with van der Waals surface area (Å²) in [6, 6.07) is 3.67. The SMILES string of the molecule is CC1(C(=O)N2CCCC2c2ccc(N)nn2)CNC1. The highest BCUT2D eigenvalue weighted by molar-refractivity contribution is 5.84. The minimum absolute atomic E-state index is 0.0537. The van der Waals surface area contributed by atoms with Gasteiger partial charge in [0, 0.05) is 19.6 Å². The Morgan fingerprint density at radius 1 is 1.47 bits per heavy atom. The van der Waals surface area contributed by atoms with Gasteiger partial charge in [-0.05, 0) is 31.9 Å². The number of likely N-dealkylation sites (tertiary alicyclic amines) is 1. The van der Waals surface area contributed by atoms with Crippen LogP contribution in [0.5, 0.6) is 0 Å². The Kier molecular flexibility index (Phi) is 2.89. The topological polar surface area (TPSA) is 84.1 Å². The fourth-order valence-electron chi connectivity index (χ4n) is 2.85. The highest BCUT2D eigenvalue weighted by Crippen LogP contribution is 2.35. The molecule has 0 aliphatic carbocycles. The predicted molar refractivity (Wildman–Crippen MR) is 71.1 cm³/mol. The first-order chi connectivity index (χ1) is 9.10. The van der Waals surface area contributed by atoms with E-state index < -0.39 is 0 Å². The second kappa shape index (κ2) is 4.45. The van der Waals surface area contributed by atoms with Gasteiger partial charge in [-0.2, -0.15) is 5.10 Å². The third kappa shape index (κ3) is 2.06. The van der Waals surface area contributed by atoms with Crippen molar-refractivity contribution in [2.45, 2.75) is 25.8 Å². The van der Waals surface area contributed by atoms with E-state index in [1.807, 2.05) is 17.9 Å². The second-order valence-corrected chi connectivity index (χ2v) is 5.70. The van der Waals surface area contributed by atoms with Crippen molar-refractivity contribution in [3.05, 3.63) is 17.8 Å². The number of nitrogens with two attached hydrogens (primary N) is 1. The zero-order chi connectivity index (χ0) is 13.5. The van der Waals surface area contributed by atoms with E-state index in [-0.39, 0.29) is 17.4 Å². The summed E-state index contributed by atoms with van der Waals surface area (Å²) < 4.78 is 0. The van der Waals surface area contributed by atoms with Crippen LogP contribution in [0.2, 0.25) is 0 Å². The molecule has 102 valence electrons. The Morgan fingerprint density at radius 3 is 2.84 bits per heavy atom. The van der Waals surface area contributed by atoms with Gasteiger partial charge in [-0.3, -0.25) is 4.79 Å². The molecule has 19 heavy (non-hydrogen) atoms. The maximum absolute atomic E-state index is 12.6. The van der Waals surface area contributed by atoms with E-state index in [2.05, 4.69) is 15.5 Å². The molecule has 2 aliphatic rings. The summed E-state index contributed by atoms with van der Waals surface area (Å²) in [4.78, 5) is 14.6. The first kappa shape index (κ1) is 12.3. The molecule has 1 unspecified atom stereocenters. The number of anilines is 1. The monoisotopic (exact) mass is 261 g/mol. The predicted octanol–water partition coefficient (Wildman–Crippen LogP) is 0.332. The molecule has 0 saturated carbocycles. The first-order valence-corrected chi connectivity index (χ1v) is 6.71. The van der Waals surface area contributed by atoms with Crippen LogP contribution in [0.4, 0.5) is 5.82 Å². The summed E-state index contributed by atoms with van der Waals surface area (Å²) in [5.41, 5.74) is 6.15. The molecule has 0 aromatic carbocycles. The van der Waals surface area contributed by atoms with Crippen LogP contribution in [0.1, 0.15) is 31.5 Å². The number of nitrogens with one attached hydrogen (secondary N) is 1. The largest absolute Gasteiger partial charge is 0.382 e. The number of carbonyl (C=O) groups excluding carboxylic acids is 1. The fraction of sp³-hybridized carbons (Fsp3) is 0.615. The summed E-state index contributed by atoms with van der Waals surface area (Å²) in [7, 11) is 0. The number of carbonyl (C=O) groups is 1. The second-order valence-electron chi connectivity index (χ2n) is 5.70. The zero-order valence-electron chi connectivity index (χ0n) is 11.1. The molecule has 3 N–H and O–H groups in total. The van der Waals surface area contributed by atoms with Crippen LogP contribution < -0.4 is 11.1 Å². The van der Waals surface area contributed by atoms with E-state index in [1.54, 1.807) is 6.07 Å². The molecule has 0 bridgehead atoms. The normalized spacial score (nSPS) is 25.1. The standard InChI is InChI=1S/C13H19N5O/c1-13(7-15-8-13)12(19)18-6-2-3-10(18)9-4-5-11(14)17-16-9/h4-5,10,15H,2-3,6-8H2,1H3,(H2,14,17). The van der Waals surface area contributed by atoms with Crippen LogP contribution in [-0.4, -0.2) is 40.6 Å². The van der Waals surface area contributed by atoms with Crippen LogP contribution >= 0.6 is 0 Å². The van der Waals surface area contributed by atoms with Crippen molar-refractivity contribution in [2.75, 3.05) is 25.4 Å². The number of nitrogen functional groups attached to an aromatic ring is 1. The van der Waals surface area contributed by atoms with Crippen molar-refractivity contribution < 1.29 is 4.79 Å². The van der Waals surface area contributed by atoms with Gasteiger partial charge in [0.25, 0.3) is 0 Å². The highest BCUT2D eigenvalue weighted by Gasteiger charge is 2.45. The first-order valence-electron chi connectivity index (χ1n) is 6.71. The third-order valence-electron chi connectivity index (χ3n) is 4.11. The Bertz CT molecular complexity index is 482. The highest BCUT2D eigenvalue weighted by atomic mass is 16.2. The number of hydrogen-bond acceptors (Lipinski definition) is 5. The molecular weight excluding hydrogens is 242 g/mol. The van der Waals surface area contributed by atoms with Gasteiger partial charge in [0.1, 0.15) is 5.82 Å². The quantitative estimate of drug-likeness (QED) is 0.801. The summed E-state index contributed by atoms with van der Waals surface area (Å²) >= 11 is 0. The van der Waals surface area contributed by atoms with Crippen LogP contribution in [-0.2, 0) is 4.79 Å². The molecule has 2 saturated heterocycles.